The lowest BCUT2D eigenvalue weighted by Gasteiger charge is -2.32. The topological polar surface area (TPSA) is 87.6 Å². The van der Waals surface area contributed by atoms with Crippen LogP contribution in [-0.4, -0.2) is 64.8 Å². The Morgan fingerprint density at radius 2 is 2.50 bits per heavy atom. The van der Waals surface area contributed by atoms with E-state index >= 15 is 0 Å². The summed E-state index contributed by atoms with van der Waals surface area (Å²) in [6, 6.07) is 0. The highest BCUT2D eigenvalue weighted by Gasteiger charge is 2.19. The van der Waals surface area contributed by atoms with Gasteiger partial charge >= 0.3 is 5.97 Å². The Kier molecular flexibility index (Phi) is 5.40. The summed E-state index contributed by atoms with van der Waals surface area (Å²) in [5, 5.41) is 12.2. The second-order valence-corrected chi connectivity index (χ2v) is 4.71. The smallest absolute Gasteiger partial charge is 0.339 e. The minimum atomic E-state index is -1.01. The van der Waals surface area contributed by atoms with Gasteiger partial charge in [0.2, 0.25) is 0 Å². The molecular weight excluding hydrogens is 260 g/mol. The van der Waals surface area contributed by atoms with Crippen LogP contribution in [0.4, 0.5) is 0 Å². The molecule has 2 heterocycles. The quantitative estimate of drug-likeness (QED) is 0.757. The van der Waals surface area contributed by atoms with Gasteiger partial charge in [-0.25, -0.2) is 14.8 Å². The zero-order valence-corrected chi connectivity index (χ0v) is 11.6. The monoisotopic (exact) mass is 280 g/mol. The number of likely N-dealkylation sites (N-methyl/N-ethyl adjacent to an activating group) is 1. The van der Waals surface area contributed by atoms with Crippen molar-refractivity contribution in [2.45, 2.75) is 19.6 Å². The summed E-state index contributed by atoms with van der Waals surface area (Å²) in [7, 11) is 0. The number of hydrogen-bond donors (Lipinski definition) is 2. The van der Waals surface area contributed by atoms with Crippen molar-refractivity contribution in [2.24, 2.45) is 0 Å². The molecule has 1 atom stereocenters. The second-order valence-electron chi connectivity index (χ2n) is 4.71. The van der Waals surface area contributed by atoms with Gasteiger partial charge < -0.3 is 15.2 Å². The van der Waals surface area contributed by atoms with Gasteiger partial charge in [-0.3, -0.25) is 4.90 Å². The van der Waals surface area contributed by atoms with Gasteiger partial charge in [0, 0.05) is 32.4 Å². The molecule has 7 nitrogen and oxygen atoms in total. The van der Waals surface area contributed by atoms with Crippen molar-refractivity contribution in [2.75, 3.05) is 32.8 Å². The van der Waals surface area contributed by atoms with Gasteiger partial charge in [0.05, 0.1) is 18.4 Å². The molecule has 0 radical (unpaired) electrons. The fraction of sp³-hybridized carbons (Fsp3) is 0.615. The third-order valence-electron chi connectivity index (χ3n) is 3.36. The Hall–Kier alpha value is -1.57. The number of nitrogens with zero attached hydrogens (tertiary/aromatic N) is 3. The Balaban J connectivity index is 1.82. The fourth-order valence-corrected chi connectivity index (χ4v) is 2.22. The van der Waals surface area contributed by atoms with Crippen LogP contribution in [0.25, 0.3) is 0 Å². The second kappa shape index (κ2) is 7.28. The number of morpholine rings is 1. The number of rotatable bonds is 6. The first-order valence-electron chi connectivity index (χ1n) is 6.77. The van der Waals surface area contributed by atoms with Crippen molar-refractivity contribution in [3.63, 3.8) is 0 Å². The van der Waals surface area contributed by atoms with Crippen molar-refractivity contribution in [3.8, 4) is 0 Å². The van der Waals surface area contributed by atoms with Crippen LogP contribution in [0, 0.1) is 0 Å². The zero-order valence-electron chi connectivity index (χ0n) is 11.6. The number of ether oxygens (including phenoxy) is 1. The highest BCUT2D eigenvalue weighted by atomic mass is 16.5. The predicted molar refractivity (Wildman–Crippen MR) is 72.6 cm³/mol. The molecule has 2 rings (SSSR count). The van der Waals surface area contributed by atoms with E-state index in [-0.39, 0.29) is 11.7 Å². The molecule has 1 saturated heterocycles. The number of hydrogen-bond acceptors (Lipinski definition) is 6. The molecule has 0 aliphatic carbocycles. The Morgan fingerprint density at radius 3 is 3.25 bits per heavy atom. The first-order chi connectivity index (χ1) is 9.70. The Morgan fingerprint density at radius 1 is 1.65 bits per heavy atom. The maximum Gasteiger partial charge on any atom is 0.339 e. The minimum absolute atomic E-state index is 0.138. The van der Waals surface area contributed by atoms with E-state index in [0.29, 0.717) is 18.8 Å². The van der Waals surface area contributed by atoms with Gasteiger partial charge in [0.1, 0.15) is 11.9 Å². The molecule has 0 saturated carbocycles. The summed E-state index contributed by atoms with van der Waals surface area (Å²) in [5.41, 5.74) is 0.635. The largest absolute Gasteiger partial charge is 0.478 e. The SMILES string of the molecule is CCN1CCOC(CNCc2ncncc2C(=O)O)C1. The van der Waals surface area contributed by atoms with E-state index in [1.807, 2.05) is 0 Å². The maximum atomic E-state index is 11.0. The molecular formula is C13H20N4O3. The summed E-state index contributed by atoms with van der Waals surface area (Å²) < 4.78 is 5.67. The average molecular weight is 280 g/mol. The molecule has 0 aromatic carbocycles. The summed E-state index contributed by atoms with van der Waals surface area (Å²) in [5.74, 6) is -1.01. The van der Waals surface area contributed by atoms with E-state index in [4.69, 9.17) is 9.84 Å². The number of aromatic nitrogens is 2. The third kappa shape index (κ3) is 3.96. The van der Waals surface area contributed by atoms with Gasteiger partial charge in [0.15, 0.2) is 0 Å². The van der Waals surface area contributed by atoms with Gasteiger partial charge in [-0.1, -0.05) is 6.92 Å². The van der Waals surface area contributed by atoms with Crippen molar-refractivity contribution >= 4 is 5.97 Å². The molecule has 0 bridgehead atoms. The molecule has 0 spiro atoms. The van der Waals surface area contributed by atoms with Crippen LogP contribution in [0.3, 0.4) is 0 Å². The fourth-order valence-electron chi connectivity index (χ4n) is 2.22. The lowest BCUT2D eigenvalue weighted by molar-refractivity contribution is -0.0254. The molecule has 1 aliphatic rings. The van der Waals surface area contributed by atoms with E-state index < -0.39 is 5.97 Å². The van der Waals surface area contributed by atoms with Crippen LogP contribution >= 0.6 is 0 Å². The van der Waals surface area contributed by atoms with Gasteiger partial charge in [-0.15, -0.1) is 0 Å². The normalized spacial score (nSPS) is 19.9. The van der Waals surface area contributed by atoms with E-state index in [9.17, 15) is 4.79 Å². The molecule has 1 aromatic rings. The summed E-state index contributed by atoms with van der Waals surface area (Å²) in [6.45, 7) is 6.86. The lowest BCUT2D eigenvalue weighted by Crippen LogP contribution is -2.46. The van der Waals surface area contributed by atoms with E-state index in [2.05, 4.69) is 27.1 Å². The van der Waals surface area contributed by atoms with Gasteiger partial charge in [0.25, 0.3) is 0 Å². The minimum Gasteiger partial charge on any atom is -0.478 e. The number of aromatic carboxylic acids is 1. The lowest BCUT2D eigenvalue weighted by atomic mass is 10.2. The number of carbonyl (C=O) groups is 1. The number of nitrogens with one attached hydrogen (secondary N) is 1. The zero-order chi connectivity index (χ0) is 14.4. The average Bonchev–Trinajstić information content (AvgIpc) is 2.48. The van der Waals surface area contributed by atoms with Crippen LogP contribution < -0.4 is 5.32 Å². The van der Waals surface area contributed by atoms with Gasteiger partial charge in [-0.2, -0.15) is 0 Å². The van der Waals surface area contributed by atoms with E-state index in [1.54, 1.807) is 0 Å². The first kappa shape index (κ1) is 14.8. The maximum absolute atomic E-state index is 11.0. The van der Waals surface area contributed by atoms with E-state index in [1.165, 1.54) is 12.5 Å². The van der Waals surface area contributed by atoms with Crippen LogP contribution in [-0.2, 0) is 11.3 Å². The highest BCUT2D eigenvalue weighted by molar-refractivity contribution is 5.88. The van der Waals surface area contributed by atoms with Gasteiger partial charge in [-0.05, 0) is 6.54 Å². The van der Waals surface area contributed by atoms with Crippen molar-refractivity contribution in [1.29, 1.82) is 0 Å². The molecule has 7 heteroatoms. The summed E-state index contributed by atoms with van der Waals surface area (Å²) in [6.07, 6.45) is 2.82. The van der Waals surface area contributed by atoms with Crippen LogP contribution in [0.5, 0.6) is 0 Å². The molecule has 1 fully saturated rings. The van der Waals surface area contributed by atoms with Crippen molar-refractivity contribution in [1.82, 2.24) is 20.2 Å². The van der Waals surface area contributed by atoms with Crippen molar-refractivity contribution in [3.05, 3.63) is 23.8 Å². The van der Waals surface area contributed by atoms with Crippen LogP contribution in [0.15, 0.2) is 12.5 Å². The molecule has 1 unspecified atom stereocenters. The third-order valence-corrected chi connectivity index (χ3v) is 3.36. The first-order valence-corrected chi connectivity index (χ1v) is 6.77. The Labute approximate surface area is 118 Å². The molecule has 1 aromatic heterocycles. The summed E-state index contributed by atoms with van der Waals surface area (Å²) >= 11 is 0. The molecule has 1 aliphatic heterocycles. The van der Waals surface area contributed by atoms with Crippen LogP contribution in [0.2, 0.25) is 0 Å². The van der Waals surface area contributed by atoms with Crippen LogP contribution in [0.1, 0.15) is 23.0 Å². The van der Waals surface area contributed by atoms with E-state index in [0.717, 1.165) is 26.2 Å². The predicted octanol–water partition coefficient (Wildman–Crippen LogP) is -0.0149. The molecule has 0 amide bonds. The summed E-state index contributed by atoms with van der Waals surface area (Å²) in [4.78, 5) is 21.1. The van der Waals surface area contributed by atoms with Crippen molar-refractivity contribution < 1.29 is 14.6 Å². The Bertz CT molecular complexity index is 455. The molecule has 2 N–H and O–H groups in total. The highest BCUT2D eigenvalue weighted by Crippen LogP contribution is 2.06. The number of carboxylic acids is 1. The number of carboxylic acid groups (broad SMARTS) is 1. The molecule has 20 heavy (non-hydrogen) atoms. The standard InChI is InChI=1S/C13H20N4O3/c1-2-17-3-4-20-10(8-17)5-14-7-12-11(13(18)19)6-15-9-16-12/h6,9-10,14H,2-5,7-8H2,1H3,(H,18,19). The molecule has 110 valence electrons.